The SMILES string of the molecule is CN1C=CN2c3cccc(C4(c5cccc6c5P(I)C5N(C)C=CN65)c5ccccc5-c5ccccc54)c3CC12. The summed E-state index contributed by atoms with van der Waals surface area (Å²) in [5.41, 5.74) is 11.7. The Kier molecular flexibility index (Phi) is 4.77. The average Bonchev–Trinajstić information content (AvgIpc) is 3.77. The minimum atomic E-state index is -0.491. The summed E-state index contributed by atoms with van der Waals surface area (Å²) >= 11 is 2.77. The summed E-state index contributed by atoms with van der Waals surface area (Å²) in [5.74, 6) is 0.362. The highest BCUT2D eigenvalue weighted by Gasteiger charge is 2.53. The molecule has 3 unspecified atom stereocenters. The van der Waals surface area contributed by atoms with Crippen molar-refractivity contribution >= 4 is 44.3 Å². The number of likely N-dealkylation sites (N-methyl/N-ethyl adjacent to an activating group) is 1. The second-order valence-corrected chi connectivity index (χ2v) is 16.1. The van der Waals surface area contributed by atoms with Crippen LogP contribution >= 0.6 is 27.6 Å². The van der Waals surface area contributed by atoms with Gasteiger partial charge in [0.15, 0.2) is 0 Å². The molecular formula is C34H28IN4P. The number of rotatable bonds is 2. The molecule has 1 aliphatic carbocycles. The molecule has 4 aromatic rings. The number of benzene rings is 4. The molecule has 0 bridgehead atoms. The molecule has 0 radical (unpaired) electrons. The quantitative estimate of drug-likeness (QED) is 0.149. The summed E-state index contributed by atoms with van der Waals surface area (Å²) in [6, 6.07) is 32.5. The molecule has 196 valence electrons. The van der Waals surface area contributed by atoms with Gasteiger partial charge in [0.05, 0.1) is 11.1 Å². The van der Waals surface area contributed by atoms with Gasteiger partial charge in [-0.25, -0.2) is 0 Å². The minimum absolute atomic E-state index is 0.340. The van der Waals surface area contributed by atoms with Gasteiger partial charge >= 0.3 is 0 Å². The number of hydrogen-bond donors (Lipinski definition) is 0. The topological polar surface area (TPSA) is 13.0 Å². The van der Waals surface area contributed by atoms with Gasteiger partial charge in [-0.3, -0.25) is 0 Å². The van der Waals surface area contributed by atoms with Crippen molar-refractivity contribution < 1.29 is 0 Å². The molecule has 0 saturated heterocycles. The van der Waals surface area contributed by atoms with Crippen LogP contribution in [-0.4, -0.2) is 36.0 Å². The third kappa shape index (κ3) is 2.71. The zero-order valence-electron chi connectivity index (χ0n) is 22.4. The molecule has 40 heavy (non-hydrogen) atoms. The van der Waals surface area contributed by atoms with Gasteiger partial charge in [-0.2, -0.15) is 0 Å². The Bertz CT molecular complexity index is 1750. The van der Waals surface area contributed by atoms with E-state index in [1.54, 1.807) is 0 Å². The highest BCUT2D eigenvalue weighted by molar-refractivity contribution is 14.2. The number of anilines is 2. The number of hydrogen-bond acceptors (Lipinski definition) is 4. The van der Waals surface area contributed by atoms with Gasteiger partial charge in [-0.15, -0.1) is 0 Å². The fourth-order valence-electron chi connectivity index (χ4n) is 7.96. The highest BCUT2D eigenvalue weighted by Crippen LogP contribution is 2.65. The summed E-state index contributed by atoms with van der Waals surface area (Å²) in [5, 5.41) is 1.53. The standard InChI is InChI=1S/C34H28IN4P/c1-36-17-19-38-29-15-7-13-27(24(29)21-31(36)38)34(25-11-5-3-9-22(25)23-10-4-6-12-26(23)34)28-14-8-16-30-32(28)40(35)33-37(2)18-20-39(30)33/h3-20,31,33H,21H2,1-2H3. The van der Waals surface area contributed by atoms with Gasteiger partial charge in [0.25, 0.3) is 0 Å². The van der Waals surface area contributed by atoms with Crippen molar-refractivity contribution in [2.24, 2.45) is 0 Å². The Morgan fingerprint density at radius 3 is 2.00 bits per heavy atom. The van der Waals surface area contributed by atoms with Crippen molar-refractivity contribution in [3.63, 3.8) is 0 Å². The molecule has 0 aromatic heterocycles. The number of fused-ring (bicyclic) bond motifs is 9. The van der Waals surface area contributed by atoms with Crippen LogP contribution in [0.25, 0.3) is 11.1 Å². The van der Waals surface area contributed by atoms with E-state index in [4.69, 9.17) is 0 Å². The predicted octanol–water partition coefficient (Wildman–Crippen LogP) is 7.13. The van der Waals surface area contributed by atoms with Crippen LogP contribution in [0.15, 0.2) is 110 Å². The lowest BCUT2D eigenvalue weighted by Crippen LogP contribution is -2.35. The largest absolute Gasteiger partial charge is 0.358 e. The molecule has 0 spiro atoms. The smallest absolute Gasteiger partial charge is 0.138 e. The number of nitrogens with zero attached hydrogens (tertiary/aromatic N) is 4. The van der Waals surface area contributed by atoms with Gasteiger partial charge in [0.2, 0.25) is 0 Å². The second kappa shape index (κ2) is 8.14. The van der Waals surface area contributed by atoms with E-state index in [2.05, 4.69) is 165 Å². The van der Waals surface area contributed by atoms with E-state index in [0.29, 0.717) is 12.1 Å². The van der Waals surface area contributed by atoms with Crippen LogP contribution in [-0.2, 0) is 11.8 Å². The molecule has 0 fully saturated rings. The molecule has 4 heterocycles. The minimum Gasteiger partial charge on any atom is -0.358 e. The Hall–Kier alpha value is -3.28. The predicted molar refractivity (Wildman–Crippen MR) is 174 cm³/mol. The lowest BCUT2D eigenvalue weighted by molar-refractivity contribution is 0.368. The van der Waals surface area contributed by atoms with Crippen molar-refractivity contribution in [2.45, 2.75) is 23.9 Å². The van der Waals surface area contributed by atoms with Crippen molar-refractivity contribution in [2.75, 3.05) is 23.9 Å². The summed E-state index contributed by atoms with van der Waals surface area (Å²) in [6.07, 6.45) is 10.3. The Labute approximate surface area is 249 Å². The first-order chi connectivity index (χ1) is 19.6. The van der Waals surface area contributed by atoms with Crippen molar-refractivity contribution in [3.05, 3.63) is 138 Å². The normalized spacial score (nSPS) is 23.8. The Morgan fingerprint density at radius 2 is 1.25 bits per heavy atom. The van der Waals surface area contributed by atoms with E-state index in [-0.39, 0.29) is 5.41 Å². The first-order valence-electron chi connectivity index (χ1n) is 13.9. The van der Waals surface area contributed by atoms with Gasteiger partial charge in [-0.1, -0.05) is 72.8 Å². The highest BCUT2D eigenvalue weighted by atomic mass is 127. The van der Waals surface area contributed by atoms with Gasteiger partial charge < -0.3 is 19.6 Å². The van der Waals surface area contributed by atoms with E-state index in [1.165, 1.54) is 55.6 Å². The first kappa shape index (κ1) is 23.4. The molecule has 3 atom stereocenters. The molecule has 4 nitrogen and oxygen atoms in total. The molecule has 0 saturated carbocycles. The first-order valence-corrected chi connectivity index (χ1v) is 18.1. The van der Waals surface area contributed by atoms with E-state index >= 15 is 0 Å². The maximum Gasteiger partial charge on any atom is 0.138 e. The summed E-state index contributed by atoms with van der Waals surface area (Å²) in [7, 11) is 4.42. The monoisotopic (exact) mass is 650 g/mol. The molecule has 5 aliphatic rings. The Balaban J connectivity index is 1.41. The molecule has 4 aromatic carbocycles. The third-order valence-electron chi connectivity index (χ3n) is 9.61. The van der Waals surface area contributed by atoms with Crippen LogP contribution in [0.1, 0.15) is 27.8 Å². The maximum atomic E-state index is 2.77. The average molecular weight is 651 g/mol. The van der Waals surface area contributed by atoms with Crippen LogP contribution in [0.2, 0.25) is 0 Å². The second-order valence-electron chi connectivity index (χ2n) is 11.4. The molecule has 0 amide bonds. The van der Waals surface area contributed by atoms with E-state index in [9.17, 15) is 0 Å². The molecule has 6 heteroatoms. The third-order valence-corrected chi connectivity index (χ3v) is 14.5. The fraction of sp³-hybridized carbons (Fsp3) is 0.176. The Morgan fingerprint density at radius 1 is 0.650 bits per heavy atom. The van der Waals surface area contributed by atoms with Crippen molar-refractivity contribution in [1.29, 1.82) is 0 Å². The zero-order valence-corrected chi connectivity index (χ0v) is 25.4. The summed E-state index contributed by atoms with van der Waals surface area (Å²) in [4.78, 5) is 9.72. The summed E-state index contributed by atoms with van der Waals surface area (Å²) < 4.78 is 0. The molecule has 4 aliphatic heterocycles. The zero-order chi connectivity index (χ0) is 26.7. The van der Waals surface area contributed by atoms with E-state index < -0.39 is 5.56 Å². The van der Waals surface area contributed by atoms with Crippen molar-refractivity contribution in [1.82, 2.24) is 9.80 Å². The van der Waals surface area contributed by atoms with Gasteiger partial charge in [0, 0.05) is 61.9 Å². The molecule has 9 rings (SSSR count). The fourth-order valence-corrected chi connectivity index (χ4v) is 13.4. The van der Waals surface area contributed by atoms with Crippen molar-refractivity contribution in [3.8, 4) is 11.1 Å². The number of halogens is 1. The van der Waals surface area contributed by atoms with E-state index in [1.807, 2.05) is 0 Å². The van der Waals surface area contributed by atoms with Crippen LogP contribution in [0.3, 0.4) is 0 Å². The lowest BCUT2D eigenvalue weighted by Gasteiger charge is -2.37. The maximum absolute atomic E-state index is 2.77. The molecular weight excluding hydrogens is 622 g/mol. The van der Waals surface area contributed by atoms with Crippen LogP contribution in [0, 0.1) is 0 Å². The van der Waals surface area contributed by atoms with E-state index in [0.717, 1.165) is 6.42 Å². The van der Waals surface area contributed by atoms with Gasteiger partial charge in [0.1, 0.15) is 12.1 Å². The van der Waals surface area contributed by atoms with Crippen LogP contribution < -0.4 is 15.1 Å². The lowest BCUT2D eigenvalue weighted by atomic mass is 9.66. The molecule has 0 N–H and O–H groups in total. The van der Waals surface area contributed by atoms with Crippen LogP contribution in [0.5, 0.6) is 0 Å². The van der Waals surface area contributed by atoms with Crippen LogP contribution in [0.4, 0.5) is 11.4 Å². The van der Waals surface area contributed by atoms with Gasteiger partial charge in [-0.05, 0) is 73.1 Å². The summed E-state index contributed by atoms with van der Waals surface area (Å²) in [6.45, 7) is 0.